The first-order chi connectivity index (χ1) is 15.8. The topological polar surface area (TPSA) is 140 Å². The minimum absolute atomic E-state index is 0.105. The van der Waals surface area contributed by atoms with E-state index >= 15 is 0 Å². The van der Waals surface area contributed by atoms with Crippen molar-refractivity contribution in [2.75, 3.05) is 5.32 Å². The van der Waals surface area contributed by atoms with E-state index in [-0.39, 0.29) is 17.0 Å². The molecule has 0 saturated carbocycles. The maximum atomic E-state index is 12.3. The minimum atomic E-state index is -1.000. The van der Waals surface area contributed by atoms with E-state index in [9.17, 15) is 24.5 Å². The SMILES string of the molecule is O=C(N/N=C/c1cccc(OC(=O)c2ccccc2[N+](=O)[O-])c1)C(=O)Nc1ccc(Cl)cc1. The molecule has 3 aromatic rings. The van der Waals surface area contributed by atoms with Crippen molar-refractivity contribution in [3.63, 3.8) is 0 Å². The van der Waals surface area contributed by atoms with Gasteiger partial charge in [0.25, 0.3) is 5.69 Å². The van der Waals surface area contributed by atoms with Gasteiger partial charge in [0.05, 0.1) is 11.1 Å². The van der Waals surface area contributed by atoms with Gasteiger partial charge in [0.1, 0.15) is 11.3 Å². The quantitative estimate of drug-likeness (QED) is 0.142. The summed E-state index contributed by atoms with van der Waals surface area (Å²) in [6, 6.07) is 17.7. The van der Waals surface area contributed by atoms with Crippen molar-refractivity contribution in [1.29, 1.82) is 0 Å². The molecule has 0 aliphatic heterocycles. The van der Waals surface area contributed by atoms with Gasteiger partial charge in [-0.2, -0.15) is 5.10 Å². The fourth-order valence-corrected chi connectivity index (χ4v) is 2.69. The number of amides is 2. The van der Waals surface area contributed by atoms with Crippen LogP contribution in [0, 0.1) is 10.1 Å². The van der Waals surface area contributed by atoms with E-state index in [2.05, 4.69) is 15.8 Å². The molecule has 166 valence electrons. The lowest BCUT2D eigenvalue weighted by Gasteiger charge is -2.06. The summed E-state index contributed by atoms with van der Waals surface area (Å²) in [6.07, 6.45) is 1.23. The standard InChI is InChI=1S/C22H15ClN4O6/c23-15-8-10-16(11-9-15)25-20(28)21(29)26-24-13-14-4-3-5-17(12-14)33-22(30)18-6-1-2-7-19(18)27(31)32/h1-13H,(H,25,28)(H,26,29)/b24-13+. The van der Waals surface area contributed by atoms with E-state index in [4.69, 9.17) is 16.3 Å². The number of para-hydroxylation sites is 1. The van der Waals surface area contributed by atoms with Crippen molar-refractivity contribution in [2.45, 2.75) is 0 Å². The van der Waals surface area contributed by atoms with Gasteiger partial charge in [-0.1, -0.05) is 35.9 Å². The summed E-state index contributed by atoms with van der Waals surface area (Å²) in [4.78, 5) is 46.5. The number of benzene rings is 3. The second-order valence-electron chi connectivity index (χ2n) is 6.40. The molecule has 3 rings (SSSR count). The zero-order valence-electron chi connectivity index (χ0n) is 16.7. The van der Waals surface area contributed by atoms with E-state index in [0.717, 1.165) is 0 Å². The molecule has 10 nitrogen and oxygen atoms in total. The lowest BCUT2D eigenvalue weighted by Crippen LogP contribution is -2.32. The molecule has 0 aliphatic carbocycles. The molecule has 0 aliphatic rings. The second kappa shape index (κ2) is 10.6. The fourth-order valence-electron chi connectivity index (χ4n) is 2.56. The molecule has 0 radical (unpaired) electrons. The number of hydrogen-bond donors (Lipinski definition) is 2. The van der Waals surface area contributed by atoms with Gasteiger partial charge in [-0.3, -0.25) is 19.7 Å². The Balaban J connectivity index is 1.60. The maximum Gasteiger partial charge on any atom is 0.350 e. The predicted molar refractivity (Wildman–Crippen MR) is 120 cm³/mol. The molecule has 0 fully saturated rings. The first-order valence-electron chi connectivity index (χ1n) is 9.29. The average molecular weight is 467 g/mol. The first-order valence-corrected chi connectivity index (χ1v) is 9.67. The summed E-state index contributed by atoms with van der Waals surface area (Å²) in [5, 5.41) is 17.7. The monoisotopic (exact) mass is 466 g/mol. The van der Waals surface area contributed by atoms with Crippen LogP contribution < -0.4 is 15.5 Å². The van der Waals surface area contributed by atoms with Gasteiger partial charge in [0, 0.05) is 16.8 Å². The van der Waals surface area contributed by atoms with Gasteiger partial charge >= 0.3 is 17.8 Å². The minimum Gasteiger partial charge on any atom is -0.423 e. The molecule has 0 atom stereocenters. The fraction of sp³-hybridized carbons (Fsp3) is 0. The Morgan fingerprint density at radius 3 is 2.42 bits per heavy atom. The Kier molecular flexibility index (Phi) is 7.45. The van der Waals surface area contributed by atoms with Crippen LogP contribution in [0.15, 0.2) is 77.9 Å². The largest absolute Gasteiger partial charge is 0.423 e. The van der Waals surface area contributed by atoms with Crippen molar-refractivity contribution in [2.24, 2.45) is 5.10 Å². The third kappa shape index (κ3) is 6.45. The molecule has 0 bridgehead atoms. The van der Waals surface area contributed by atoms with Crippen LogP contribution in [0.25, 0.3) is 0 Å². The van der Waals surface area contributed by atoms with Crippen LogP contribution in [0.2, 0.25) is 5.02 Å². The number of ether oxygens (including phenoxy) is 1. The van der Waals surface area contributed by atoms with Crippen LogP contribution in [0.3, 0.4) is 0 Å². The first kappa shape index (κ1) is 23.1. The van der Waals surface area contributed by atoms with Gasteiger partial charge in [0.15, 0.2) is 0 Å². The van der Waals surface area contributed by atoms with Crippen LogP contribution in [-0.4, -0.2) is 28.9 Å². The molecule has 2 N–H and O–H groups in total. The van der Waals surface area contributed by atoms with E-state index in [1.54, 1.807) is 24.3 Å². The van der Waals surface area contributed by atoms with Crippen LogP contribution in [-0.2, 0) is 9.59 Å². The molecule has 3 aromatic carbocycles. The van der Waals surface area contributed by atoms with Gasteiger partial charge < -0.3 is 10.1 Å². The van der Waals surface area contributed by atoms with Crippen molar-refractivity contribution in [1.82, 2.24) is 5.43 Å². The number of hydrazone groups is 1. The summed E-state index contributed by atoms with van der Waals surface area (Å²) in [5.74, 6) is -2.72. The number of nitro groups is 1. The zero-order valence-corrected chi connectivity index (χ0v) is 17.5. The molecule has 33 heavy (non-hydrogen) atoms. The van der Waals surface area contributed by atoms with E-state index < -0.39 is 22.7 Å². The van der Waals surface area contributed by atoms with Gasteiger partial charge in [-0.05, 0) is 48.0 Å². The van der Waals surface area contributed by atoms with Gasteiger partial charge in [-0.15, -0.1) is 0 Å². The smallest absolute Gasteiger partial charge is 0.350 e. The second-order valence-corrected chi connectivity index (χ2v) is 6.83. The summed E-state index contributed by atoms with van der Waals surface area (Å²) >= 11 is 5.76. The molecule has 0 aromatic heterocycles. The molecule has 0 saturated heterocycles. The summed E-state index contributed by atoms with van der Waals surface area (Å²) < 4.78 is 5.21. The van der Waals surface area contributed by atoms with E-state index in [1.807, 2.05) is 0 Å². The molecule has 0 spiro atoms. The number of nitro benzene ring substituents is 1. The normalized spacial score (nSPS) is 10.5. The maximum absolute atomic E-state index is 12.3. The van der Waals surface area contributed by atoms with Crippen molar-refractivity contribution >= 4 is 47.0 Å². The number of rotatable bonds is 6. The number of nitrogens with zero attached hydrogens (tertiary/aromatic N) is 2. The number of esters is 1. The highest BCUT2D eigenvalue weighted by Crippen LogP contribution is 2.21. The summed E-state index contributed by atoms with van der Waals surface area (Å²) in [7, 11) is 0. The highest BCUT2D eigenvalue weighted by Gasteiger charge is 2.21. The summed E-state index contributed by atoms with van der Waals surface area (Å²) in [6.45, 7) is 0. The van der Waals surface area contributed by atoms with Gasteiger partial charge in [0.2, 0.25) is 0 Å². The number of halogens is 1. The van der Waals surface area contributed by atoms with Crippen LogP contribution >= 0.6 is 11.6 Å². The molecule has 0 heterocycles. The third-order valence-corrected chi connectivity index (χ3v) is 4.33. The number of hydrogen-bond acceptors (Lipinski definition) is 7. The highest BCUT2D eigenvalue weighted by molar-refractivity contribution is 6.39. The number of carbonyl (C=O) groups excluding carboxylic acids is 3. The Morgan fingerprint density at radius 1 is 0.970 bits per heavy atom. The molecule has 0 unspecified atom stereocenters. The van der Waals surface area contributed by atoms with Crippen LogP contribution in [0.1, 0.15) is 15.9 Å². The van der Waals surface area contributed by atoms with Crippen molar-refractivity contribution in [3.8, 4) is 5.75 Å². The third-order valence-electron chi connectivity index (χ3n) is 4.08. The van der Waals surface area contributed by atoms with Crippen LogP contribution in [0.5, 0.6) is 5.75 Å². The highest BCUT2D eigenvalue weighted by atomic mass is 35.5. The van der Waals surface area contributed by atoms with Crippen molar-refractivity contribution < 1.29 is 24.0 Å². The number of carbonyl (C=O) groups is 3. The van der Waals surface area contributed by atoms with Crippen molar-refractivity contribution in [3.05, 3.63) is 99.1 Å². The Hall–Kier alpha value is -4.57. The Bertz CT molecular complexity index is 1240. The molecule has 2 amide bonds. The lowest BCUT2D eigenvalue weighted by atomic mass is 10.2. The number of nitrogens with one attached hydrogen (secondary N) is 2. The van der Waals surface area contributed by atoms with Gasteiger partial charge in [-0.25, -0.2) is 10.2 Å². The predicted octanol–water partition coefficient (Wildman–Crippen LogP) is 3.56. The Morgan fingerprint density at radius 2 is 1.70 bits per heavy atom. The van der Waals surface area contributed by atoms with E-state index in [1.165, 1.54) is 54.7 Å². The average Bonchev–Trinajstić information content (AvgIpc) is 2.80. The lowest BCUT2D eigenvalue weighted by molar-refractivity contribution is -0.385. The zero-order chi connectivity index (χ0) is 23.8. The molecular weight excluding hydrogens is 452 g/mol. The van der Waals surface area contributed by atoms with Crippen LogP contribution in [0.4, 0.5) is 11.4 Å². The molecule has 11 heteroatoms. The number of anilines is 1. The summed E-state index contributed by atoms with van der Waals surface area (Å²) in [5.41, 5.74) is 2.33. The molecular formula is C22H15ClN4O6. The Labute approximate surface area is 192 Å². The van der Waals surface area contributed by atoms with E-state index in [0.29, 0.717) is 16.3 Å².